The molecule has 0 saturated carbocycles. The van der Waals surface area contributed by atoms with Gasteiger partial charge in [0.1, 0.15) is 5.75 Å². The molecule has 6 heteroatoms. The number of halogens is 1. The summed E-state index contributed by atoms with van der Waals surface area (Å²) in [6.07, 6.45) is -0.497. The van der Waals surface area contributed by atoms with Crippen LogP contribution in [0.15, 0.2) is 53.0 Å². The molecule has 0 aromatic heterocycles. The monoisotopic (exact) mass is 375 g/mol. The second-order valence-electron chi connectivity index (χ2n) is 4.69. The first-order chi connectivity index (χ1) is 11.0. The highest BCUT2D eigenvalue weighted by Gasteiger charge is 2.20. The number of rotatable bonds is 6. The van der Waals surface area contributed by atoms with Crippen molar-refractivity contribution >= 4 is 39.1 Å². The first-order valence-corrected chi connectivity index (χ1v) is 7.56. The summed E-state index contributed by atoms with van der Waals surface area (Å²) in [6, 6.07) is 13.3. The van der Waals surface area contributed by atoms with Gasteiger partial charge in [0.15, 0.2) is 5.78 Å². The summed E-state index contributed by atoms with van der Waals surface area (Å²) in [7, 11) is 1.49. The molecule has 0 aliphatic heterocycles. The van der Waals surface area contributed by atoms with Gasteiger partial charge in [-0.1, -0.05) is 24.3 Å². The second-order valence-corrected chi connectivity index (χ2v) is 5.54. The number of ketones is 2. The largest absolute Gasteiger partial charge is 0.497 e. The van der Waals surface area contributed by atoms with Crippen LogP contribution in [-0.4, -0.2) is 24.6 Å². The van der Waals surface area contributed by atoms with E-state index in [2.05, 4.69) is 21.2 Å². The number of hydrogen-bond acceptors (Lipinski definition) is 4. The lowest BCUT2D eigenvalue weighted by Gasteiger charge is -2.06. The van der Waals surface area contributed by atoms with Gasteiger partial charge < -0.3 is 10.1 Å². The van der Waals surface area contributed by atoms with Gasteiger partial charge in [-0.05, 0) is 40.2 Å². The van der Waals surface area contributed by atoms with E-state index >= 15 is 0 Å². The summed E-state index contributed by atoms with van der Waals surface area (Å²) in [4.78, 5) is 35.9. The number of para-hydroxylation sites is 1. The van der Waals surface area contributed by atoms with Gasteiger partial charge in [0.2, 0.25) is 5.78 Å². The SMILES string of the molecule is COc1cccc(C(=O)CC(=O)C(=O)Nc2ccccc2Br)c1. The van der Waals surface area contributed by atoms with E-state index in [-0.39, 0.29) is 0 Å². The van der Waals surface area contributed by atoms with Crippen molar-refractivity contribution in [1.82, 2.24) is 0 Å². The van der Waals surface area contributed by atoms with Gasteiger partial charge in [-0.25, -0.2) is 0 Å². The van der Waals surface area contributed by atoms with E-state index in [1.165, 1.54) is 13.2 Å². The summed E-state index contributed by atoms with van der Waals surface area (Å²) < 4.78 is 5.68. The molecule has 1 amide bonds. The highest BCUT2D eigenvalue weighted by atomic mass is 79.9. The number of nitrogens with one attached hydrogen (secondary N) is 1. The number of carbonyl (C=O) groups is 3. The van der Waals surface area contributed by atoms with Crippen LogP contribution in [0.3, 0.4) is 0 Å². The fourth-order valence-electron chi connectivity index (χ4n) is 1.88. The van der Waals surface area contributed by atoms with Crippen molar-refractivity contribution in [3.8, 4) is 5.75 Å². The molecule has 0 fully saturated rings. The van der Waals surface area contributed by atoms with E-state index in [9.17, 15) is 14.4 Å². The maximum Gasteiger partial charge on any atom is 0.292 e. The summed E-state index contributed by atoms with van der Waals surface area (Å²) in [6.45, 7) is 0. The maximum absolute atomic E-state index is 12.1. The zero-order chi connectivity index (χ0) is 16.8. The van der Waals surface area contributed by atoms with Crippen molar-refractivity contribution in [2.45, 2.75) is 6.42 Å². The predicted octanol–water partition coefficient (Wildman–Crippen LogP) is 3.24. The van der Waals surface area contributed by atoms with Crippen molar-refractivity contribution in [3.05, 3.63) is 58.6 Å². The Morgan fingerprint density at radius 1 is 1.09 bits per heavy atom. The van der Waals surface area contributed by atoms with Gasteiger partial charge in [0.05, 0.1) is 19.2 Å². The summed E-state index contributed by atoms with van der Waals surface area (Å²) in [5.41, 5.74) is 0.797. The molecule has 0 spiro atoms. The van der Waals surface area contributed by atoms with Crippen LogP contribution >= 0.6 is 15.9 Å². The number of amides is 1. The number of benzene rings is 2. The number of anilines is 1. The molecule has 0 aliphatic carbocycles. The van der Waals surface area contributed by atoms with Crippen LogP contribution in [-0.2, 0) is 9.59 Å². The number of ether oxygens (including phenoxy) is 1. The Balaban J connectivity index is 2.02. The van der Waals surface area contributed by atoms with Crippen molar-refractivity contribution in [2.75, 3.05) is 12.4 Å². The van der Waals surface area contributed by atoms with E-state index in [1.54, 1.807) is 42.5 Å². The molecule has 118 valence electrons. The average Bonchev–Trinajstić information content (AvgIpc) is 2.56. The lowest BCUT2D eigenvalue weighted by atomic mass is 10.1. The van der Waals surface area contributed by atoms with Crippen molar-refractivity contribution in [3.63, 3.8) is 0 Å². The fourth-order valence-corrected chi connectivity index (χ4v) is 2.26. The van der Waals surface area contributed by atoms with Crippen LogP contribution in [0.25, 0.3) is 0 Å². The molecule has 23 heavy (non-hydrogen) atoms. The van der Waals surface area contributed by atoms with Gasteiger partial charge in [-0.15, -0.1) is 0 Å². The van der Waals surface area contributed by atoms with Crippen LogP contribution in [0.1, 0.15) is 16.8 Å². The molecular weight excluding hydrogens is 362 g/mol. The van der Waals surface area contributed by atoms with Crippen LogP contribution in [0.2, 0.25) is 0 Å². The van der Waals surface area contributed by atoms with Crippen LogP contribution in [0.4, 0.5) is 5.69 Å². The van der Waals surface area contributed by atoms with E-state index < -0.39 is 23.9 Å². The van der Waals surface area contributed by atoms with Crippen molar-refractivity contribution < 1.29 is 19.1 Å². The molecule has 0 atom stereocenters. The van der Waals surface area contributed by atoms with E-state index in [1.807, 2.05) is 0 Å². The molecule has 0 bridgehead atoms. The minimum absolute atomic E-state index is 0.325. The molecule has 0 heterocycles. The number of Topliss-reactive ketones (excluding diaryl/α,β-unsaturated/α-hetero) is 2. The Morgan fingerprint density at radius 2 is 1.83 bits per heavy atom. The Morgan fingerprint density at radius 3 is 2.52 bits per heavy atom. The minimum atomic E-state index is -0.826. The predicted molar refractivity (Wildman–Crippen MR) is 89.7 cm³/mol. The Hall–Kier alpha value is -2.47. The van der Waals surface area contributed by atoms with Crippen LogP contribution < -0.4 is 10.1 Å². The van der Waals surface area contributed by atoms with Crippen LogP contribution in [0.5, 0.6) is 5.75 Å². The van der Waals surface area contributed by atoms with Gasteiger partial charge in [0, 0.05) is 10.0 Å². The highest BCUT2D eigenvalue weighted by molar-refractivity contribution is 9.10. The Kier molecular flexibility index (Phi) is 5.65. The van der Waals surface area contributed by atoms with Gasteiger partial charge in [0.25, 0.3) is 5.91 Å². The van der Waals surface area contributed by atoms with E-state index in [0.717, 1.165) is 0 Å². The lowest BCUT2D eigenvalue weighted by Crippen LogP contribution is -2.25. The quantitative estimate of drug-likeness (QED) is 0.477. The van der Waals surface area contributed by atoms with Crippen molar-refractivity contribution in [1.29, 1.82) is 0 Å². The highest BCUT2D eigenvalue weighted by Crippen LogP contribution is 2.21. The molecule has 2 aromatic rings. The molecule has 0 aliphatic rings. The van der Waals surface area contributed by atoms with Gasteiger partial charge >= 0.3 is 0 Å². The average molecular weight is 376 g/mol. The Bertz CT molecular complexity index is 758. The third-order valence-corrected chi connectivity index (χ3v) is 3.78. The second kappa shape index (κ2) is 7.69. The summed E-state index contributed by atoms with van der Waals surface area (Å²) >= 11 is 3.27. The standard InChI is InChI=1S/C17H14BrNO4/c1-23-12-6-4-5-11(9-12)15(20)10-16(21)17(22)19-14-8-3-2-7-13(14)18/h2-9H,10H2,1H3,(H,19,22). The summed E-state index contributed by atoms with van der Waals surface area (Å²) in [5.74, 6) is -1.54. The topological polar surface area (TPSA) is 72.5 Å². The molecule has 2 rings (SSSR count). The first-order valence-electron chi connectivity index (χ1n) is 6.77. The number of carbonyl (C=O) groups excluding carboxylic acids is 3. The third kappa shape index (κ3) is 4.50. The molecule has 2 aromatic carbocycles. The lowest BCUT2D eigenvalue weighted by molar-refractivity contribution is -0.134. The van der Waals surface area contributed by atoms with E-state index in [0.29, 0.717) is 21.5 Å². The zero-order valence-electron chi connectivity index (χ0n) is 12.3. The molecular formula is C17H14BrNO4. The maximum atomic E-state index is 12.1. The molecule has 0 unspecified atom stereocenters. The third-order valence-electron chi connectivity index (χ3n) is 3.09. The zero-order valence-corrected chi connectivity index (χ0v) is 13.9. The van der Waals surface area contributed by atoms with Crippen molar-refractivity contribution in [2.24, 2.45) is 0 Å². The minimum Gasteiger partial charge on any atom is -0.497 e. The smallest absolute Gasteiger partial charge is 0.292 e. The number of hydrogen-bond donors (Lipinski definition) is 1. The molecule has 1 N–H and O–H groups in total. The summed E-state index contributed by atoms with van der Waals surface area (Å²) in [5, 5.41) is 2.48. The normalized spacial score (nSPS) is 10.0. The van der Waals surface area contributed by atoms with Gasteiger partial charge in [-0.3, -0.25) is 14.4 Å². The number of methoxy groups -OCH3 is 1. The molecule has 0 saturated heterocycles. The van der Waals surface area contributed by atoms with Crippen LogP contribution in [0, 0.1) is 0 Å². The Labute approximate surface area is 141 Å². The fraction of sp³-hybridized carbons (Fsp3) is 0.118. The van der Waals surface area contributed by atoms with Gasteiger partial charge in [-0.2, -0.15) is 0 Å². The molecule has 5 nitrogen and oxygen atoms in total. The molecule has 0 radical (unpaired) electrons. The van der Waals surface area contributed by atoms with E-state index in [4.69, 9.17) is 4.74 Å². The first kappa shape index (κ1) is 16.9.